The van der Waals surface area contributed by atoms with E-state index in [4.69, 9.17) is 4.74 Å². The minimum Gasteiger partial charge on any atom is -0.495 e. The number of nitro groups is 1. The number of nitro benzene ring substituents is 1. The van der Waals surface area contributed by atoms with Crippen LogP contribution in [0.15, 0.2) is 30.4 Å². The summed E-state index contributed by atoms with van der Waals surface area (Å²) < 4.78 is 5.08. The lowest BCUT2D eigenvalue weighted by atomic mass is 9.85. The quantitative estimate of drug-likeness (QED) is 0.368. The number of non-ortho nitro benzene ring substituents is 1. The zero-order valence-electron chi connectivity index (χ0n) is 14.0. The molecule has 3 rings (SSSR count). The number of imide groups is 1. The van der Waals surface area contributed by atoms with Crippen LogP contribution in [0.25, 0.3) is 0 Å². The summed E-state index contributed by atoms with van der Waals surface area (Å²) in [5, 5.41) is 13.4. The molecule has 26 heavy (non-hydrogen) atoms. The van der Waals surface area contributed by atoms with Gasteiger partial charge in [-0.15, -0.1) is 0 Å². The van der Waals surface area contributed by atoms with Crippen LogP contribution in [0.2, 0.25) is 0 Å². The zero-order chi connectivity index (χ0) is 18.8. The van der Waals surface area contributed by atoms with Gasteiger partial charge in [-0.3, -0.25) is 29.4 Å². The van der Waals surface area contributed by atoms with E-state index in [2.05, 4.69) is 5.32 Å². The lowest BCUT2D eigenvalue weighted by Gasteiger charge is -2.15. The van der Waals surface area contributed by atoms with Gasteiger partial charge in [0.25, 0.3) is 5.69 Å². The number of amides is 3. The highest BCUT2D eigenvalue weighted by atomic mass is 16.6. The average molecular weight is 359 g/mol. The van der Waals surface area contributed by atoms with Crippen molar-refractivity contribution in [2.45, 2.75) is 12.8 Å². The lowest BCUT2D eigenvalue weighted by Crippen LogP contribution is -2.38. The van der Waals surface area contributed by atoms with Gasteiger partial charge in [0.1, 0.15) is 12.3 Å². The first kappa shape index (κ1) is 17.6. The molecular weight excluding hydrogens is 342 g/mol. The highest BCUT2D eigenvalue weighted by Gasteiger charge is 2.47. The number of likely N-dealkylation sites (tertiary alicyclic amines) is 1. The molecule has 0 bridgehead atoms. The number of benzene rings is 1. The van der Waals surface area contributed by atoms with Gasteiger partial charge in [-0.25, -0.2) is 0 Å². The number of nitrogens with one attached hydrogen (secondary N) is 1. The van der Waals surface area contributed by atoms with Crippen LogP contribution in [0, 0.1) is 22.0 Å². The zero-order valence-corrected chi connectivity index (χ0v) is 14.0. The van der Waals surface area contributed by atoms with Gasteiger partial charge in [0.2, 0.25) is 17.7 Å². The fourth-order valence-corrected chi connectivity index (χ4v) is 3.27. The number of anilines is 1. The van der Waals surface area contributed by atoms with Crippen LogP contribution in [0.1, 0.15) is 12.8 Å². The second kappa shape index (κ2) is 6.95. The largest absolute Gasteiger partial charge is 0.495 e. The van der Waals surface area contributed by atoms with Gasteiger partial charge < -0.3 is 10.1 Å². The minimum absolute atomic E-state index is 0.102. The minimum atomic E-state index is -0.628. The van der Waals surface area contributed by atoms with E-state index in [1.165, 1.54) is 19.2 Å². The molecule has 1 fully saturated rings. The summed E-state index contributed by atoms with van der Waals surface area (Å²) in [6, 6.07) is 3.77. The summed E-state index contributed by atoms with van der Waals surface area (Å²) >= 11 is 0. The molecule has 1 aliphatic carbocycles. The van der Waals surface area contributed by atoms with Crippen LogP contribution in [0.4, 0.5) is 11.4 Å². The van der Waals surface area contributed by atoms with Gasteiger partial charge in [-0.05, 0) is 18.9 Å². The summed E-state index contributed by atoms with van der Waals surface area (Å²) in [5.41, 5.74) is -0.114. The predicted octanol–water partition coefficient (Wildman–Crippen LogP) is 1.49. The van der Waals surface area contributed by atoms with Crippen molar-refractivity contribution < 1.29 is 24.0 Å². The maximum Gasteiger partial charge on any atom is 0.271 e. The average Bonchev–Trinajstić information content (AvgIpc) is 2.87. The van der Waals surface area contributed by atoms with E-state index in [-0.39, 0.29) is 28.9 Å². The fraction of sp³-hybridized carbons (Fsp3) is 0.353. The van der Waals surface area contributed by atoms with Crippen LogP contribution in [-0.4, -0.2) is 41.2 Å². The number of methoxy groups -OCH3 is 1. The van der Waals surface area contributed by atoms with E-state index < -0.39 is 29.2 Å². The van der Waals surface area contributed by atoms with E-state index in [0.29, 0.717) is 12.8 Å². The van der Waals surface area contributed by atoms with Gasteiger partial charge in [0, 0.05) is 12.1 Å². The number of hydrogen-bond acceptors (Lipinski definition) is 6. The van der Waals surface area contributed by atoms with Crippen molar-refractivity contribution in [3.63, 3.8) is 0 Å². The fourth-order valence-electron chi connectivity index (χ4n) is 3.27. The molecule has 0 aromatic heterocycles. The second-order valence-electron chi connectivity index (χ2n) is 6.11. The number of rotatable bonds is 5. The smallest absolute Gasteiger partial charge is 0.271 e. The van der Waals surface area contributed by atoms with Crippen LogP contribution >= 0.6 is 0 Å². The second-order valence-corrected chi connectivity index (χ2v) is 6.11. The summed E-state index contributed by atoms with van der Waals surface area (Å²) in [6.07, 6.45) is 4.71. The van der Waals surface area contributed by atoms with Crippen molar-refractivity contribution in [3.05, 3.63) is 40.5 Å². The number of hydrogen-bond donors (Lipinski definition) is 1. The van der Waals surface area contributed by atoms with Gasteiger partial charge in [0.05, 0.1) is 29.6 Å². The van der Waals surface area contributed by atoms with Crippen LogP contribution in [-0.2, 0) is 14.4 Å². The predicted molar refractivity (Wildman–Crippen MR) is 90.4 cm³/mol. The molecule has 9 nitrogen and oxygen atoms in total. The number of carbonyl (C=O) groups excluding carboxylic acids is 3. The number of ether oxygens (including phenoxy) is 1. The molecule has 0 radical (unpaired) electrons. The first-order valence-corrected chi connectivity index (χ1v) is 8.05. The van der Waals surface area contributed by atoms with Crippen molar-refractivity contribution in [2.75, 3.05) is 19.0 Å². The Kier molecular flexibility index (Phi) is 4.70. The molecule has 1 aromatic carbocycles. The maximum absolute atomic E-state index is 12.4. The van der Waals surface area contributed by atoms with Gasteiger partial charge in [-0.1, -0.05) is 12.2 Å². The van der Waals surface area contributed by atoms with E-state index in [0.717, 1.165) is 11.0 Å². The third kappa shape index (κ3) is 3.15. The molecular formula is C17H17N3O6. The third-order valence-electron chi connectivity index (χ3n) is 4.57. The van der Waals surface area contributed by atoms with E-state index in [1.807, 2.05) is 12.2 Å². The Morgan fingerprint density at radius 2 is 1.88 bits per heavy atom. The number of fused-ring (bicyclic) bond motifs is 1. The Hall–Kier alpha value is -3.23. The monoisotopic (exact) mass is 359 g/mol. The molecule has 136 valence electrons. The molecule has 3 amide bonds. The molecule has 1 heterocycles. The molecule has 2 atom stereocenters. The van der Waals surface area contributed by atoms with Crippen molar-refractivity contribution >= 4 is 29.1 Å². The number of allylic oxidation sites excluding steroid dienone is 2. The Balaban J connectivity index is 1.73. The molecule has 0 spiro atoms. The Labute approximate surface area is 148 Å². The molecule has 1 aliphatic heterocycles. The molecule has 1 aromatic rings. The van der Waals surface area contributed by atoms with Crippen molar-refractivity contribution in [2.24, 2.45) is 11.8 Å². The highest BCUT2D eigenvalue weighted by molar-refractivity contribution is 6.09. The van der Waals surface area contributed by atoms with E-state index in [9.17, 15) is 24.5 Å². The molecule has 0 unspecified atom stereocenters. The van der Waals surface area contributed by atoms with E-state index >= 15 is 0 Å². The maximum atomic E-state index is 12.4. The molecule has 0 saturated carbocycles. The number of carbonyl (C=O) groups is 3. The Bertz CT molecular complexity index is 793. The van der Waals surface area contributed by atoms with Crippen molar-refractivity contribution in [1.82, 2.24) is 4.90 Å². The number of nitrogens with zero attached hydrogens (tertiary/aromatic N) is 2. The topological polar surface area (TPSA) is 119 Å². The first-order valence-electron chi connectivity index (χ1n) is 8.05. The van der Waals surface area contributed by atoms with Crippen molar-refractivity contribution in [1.29, 1.82) is 0 Å². The Morgan fingerprint density at radius 1 is 1.27 bits per heavy atom. The molecule has 2 aliphatic rings. The Morgan fingerprint density at radius 3 is 2.42 bits per heavy atom. The first-order chi connectivity index (χ1) is 12.4. The van der Waals surface area contributed by atoms with E-state index in [1.54, 1.807) is 0 Å². The molecule has 1 saturated heterocycles. The van der Waals surface area contributed by atoms with Crippen LogP contribution in [0.5, 0.6) is 5.75 Å². The highest BCUT2D eigenvalue weighted by Crippen LogP contribution is 2.35. The normalized spacial score (nSPS) is 21.5. The van der Waals surface area contributed by atoms with Crippen LogP contribution in [0.3, 0.4) is 0 Å². The molecule has 1 N–H and O–H groups in total. The van der Waals surface area contributed by atoms with Gasteiger partial charge in [-0.2, -0.15) is 0 Å². The van der Waals surface area contributed by atoms with Crippen LogP contribution < -0.4 is 10.1 Å². The summed E-state index contributed by atoms with van der Waals surface area (Å²) in [4.78, 5) is 48.3. The standard InChI is InChI=1S/C17H17N3O6/c1-26-14-7-6-10(20(24)25)8-13(14)18-15(21)9-19-16(22)11-4-2-3-5-12(11)17(19)23/h2-3,6-8,11-12H,4-5,9H2,1H3,(H,18,21)/t11-,12-/m0/s1. The molecule has 9 heteroatoms. The third-order valence-corrected chi connectivity index (χ3v) is 4.57. The SMILES string of the molecule is COc1ccc([N+](=O)[O-])cc1NC(=O)CN1C(=O)[C@H]2CC=CC[C@@H]2C1=O. The summed E-state index contributed by atoms with van der Waals surface area (Å²) in [5.74, 6) is -1.92. The summed E-state index contributed by atoms with van der Waals surface area (Å²) in [7, 11) is 1.36. The van der Waals surface area contributed by atoms with Crippen molar-refractivity contribution in [3.8, 4) is 5.75 Å². The van der Waals surface area contributed by atoms with Gasteiger partial charge >= 0.3 is 0 Å². The van der Waals surface area contributed by atoms with Gasteiger partial charge in [0.15, 0.2) is 0 Å². The summed E-state index contributed by atoms with van der Waals surface area (Å²) in [6.45, 7) is -0.434. The lowest BCUT2D eigenvalue weighted by molar-refractivity contribution is -0.384.